The van der Waals surface area contributed by atoms with Gasteiger partial charge in [0.1, 0.15) is 5.71 Å². The van der Waals surface area contributed by atoms with E-state index in [2.05, 4.69) is 21.2 Å². The van der Waals surface area contributed by atoms with Crippen molar-refractivity contribution >= 4 is 17.5 Å². The van der Waals surface area contributed by atoms with Crippen molar-refractivity contribution in [2.75, 3.05) is 19.6 Å². The summed E-state index contributed by atoms with van der Waals surface area (Å²) in [6.45, 7) is 2.67. The lowest BCUT2D eigenvalue weighted by Crippen LogP contribution is -2.39. The number of nitrogens with zero attached hydrogens (tertiary/aromatic N) is 1. The highest BCUT2D eigenvalue weighted by atomic mass is 16.2. The highest BCUT2D eigenvalue weighted by Crippen LogP contribution is 2.06. The van der Waals surface area contributed by atoms with Gasteiger partial charge in [-0.3, -0.25) is 9.59 Å². The van der Waals surface area contributed by atoms with Crippen molar-refractivity contribution in [3.05, 3.63) is 0 Å². The second-order valence-corrected chi connectivity index (χ2v) is 4.16. The van der Waals surface area contributed by atoms with Gasteiger partial charge in [-0.15, -0.1) is 0 Å². The minimum absolute atomic E-state index is 0.128. The summed E-state index contributed by atoms with van der Waals surface area (Å²) in [7, 11) is 0. The molecule has 0 aromatic heterocycles. The van der Waals surface area contributed by atoms with E-state index in [4.69, 9.17) is 0 Å². The summed E-state index contributed by atoms with van der Waals surface area (Å²) in [5.74, 6) is 0.228. The summed E-state index contributed by atoms with van der Waals surface area (Å²) in [6, 6.07) is 0. The van der Waals surface area contributed by atoms with Gasteiger partial charge in [0, 0.05) is 19.4 Å². The molecule has 0 aromatic rings. The minimum Gasteiger partial charge on any atom is -0.351 e. The van der Waals surface area contributed by atoms with E-state index in [0.29, 0.717) is 31.0 Å². The third-order valence-corrected chi connectivity index (χ3v) is 2.88. The molecular formula is C10H16N4O2. The first-order chi connectivity index (χ1) is 7.75. The fraction of sp³-hybridized carbons (Fsp3) is 0.700. The van der Waals surface area contributed by atoms with Crippen molar-refractivity contribution in [3.63, 3.8) is 0 Å². The van der Waals surface area contributed by atoms with Crippen molar-refractivity contribution in [2.24, 2.45) is 11.0 Å². The van der Waals surface area contributed by atoms with E-state index in [-0.39, 0.29) is 11.8 Å². The van der Waals surface area contributed by atoms with Crippen LogP contribution < -0.4 is 16.1 Å². The number of nitrogens with one attached hydrogen (secondary N) is 3. The highest BCUT2D eigenvalue weighted by molar-refractivity contribution is 6.39. The van der Waals surface area contributed by atoms with Gasteiger partial charge in [-0.1, -0.05) is 0 Å². The SMILES string of the molecule is O=C1CCC(C(=O)NCC2CCNC2)=NN1. The van der Waals surface area contributed by atoms with Gasteiger partial charge >= 0.3 is 0 Å². The normalized spacial score (nSPS) is 24.9. The second-order valence-electron chi connectivity index (χ2n) is 4.16. The van der Waals surface area contributed by atoms with E-state index < -0.39 is 0 Å². The van der Waals surface area contributed by atoms with Crippen LogP contribution in [0.5, 0.6) is 0 Å². The number of carbonyl (C=O) groups is 2. The Labute approximate surface area is 93.9 Å². The van der Waals surface area contributed by atoms with E-state index in [1.165, 1.54) is 0 Å². The molecule has 2 aliphatic heterocycles. The van der Waals surface area contributed by atoms with Crippen LogP contribution in [-0.2, 0) is 9.59 Å². The van der Waals surface area contributed by atoms with Crippen LogP contribution >= 0.6 is 0 Å². The van der Waals surface area contributed by atoms with Crippen molar-refractivity contribution in [1.82, 2.24) is 16.1 Å². The van der Waals surface area contributed by atoms with Gasteiger partial charge in [-0.25, -0.2) is 5.43 Å². The Kier molecular flexibility index (Phi) is 3.51. The zero-order valence-corrected chi connectivity index (χ0v) is 9.08. The van der Waals surface area contributed by atoms with Gasteiger partial charge in [0.25, 0.3) is 5.91 Å². The minimum atomic E-state index is -0.160. The molecule has 1 fully saturated rings. The molecule has 3 N–H and O–H groups in total. The summed E-state index contributed by atoms with van der Waals surface area (Å²) in [6.07, 6.45) is 1.88. The molecule has 16 heavy (non-hydrogen) atoms. The molecule has 88 valence electrons. The van der Waals surface area contributed by atoms with Crippen LogP contribution in [0.3, 0.4) is 0 Å². The largest absolute Gasteiger partial charge is 0.351 e. The number of hydrazone groups is 1. The van der Waals surface area contributed by atoms with E-state index in [1.807, 2.05) is 0 Å². The van der Waals surface area contributed by atoms with E-state index in [0.717, 1.165) is 19.5 Å². The summed E-state index contributed by atoms with van der Waals surface area (Å²) < 4.78 is 0. The molecule has 0 bridgehead atoms. The molecular weight excluding hydrogens is 208 g/mol. The smallest absolute Gasteiger partial charge is 0.267 e. The van der Waals surface area contributed by atoms with Crippen molar-refractivity contribution < 1.29 is 9.59 Å². The predicted molar refractivity (Wildman–Crippen MR) is 58.8 cm³/mol. The van der Waals surface area contributed by atoms with Crippen LogP contribution in [0.4, 0.5) is 0 Å². The molecule has 6 nitrogen and oxygen atoms in total. The fourth-order valence-corrected chi connectivity index (χ4v) is 1.87. The standard InChI is InChI=1S/C10H16N4O2/c15-9-2-1-8(13-14-9)10(16)12-6-7-3-4-11-5-7/h7,11H,1-6H2,(H,12,16)(H,14,15). The summed E-state index contributed by atoms with van der Waals surface area (Å²) in [5, 5.41) is 9.84. The van der Waals surface area contributed by atoms with E-state index >= 15 is 0 Å². The van der Waals surface area contributed by atoms with Crippen LogP contribution in [0, 0.1) is 5.92 Å². The molecule has 1 saturated heterocycles. The molecule has 2 rings (SSSR count). The van der Waals surface area contributed by atoms with Crippen molar-refractivity contribution in [1.29, 1.82) is 0 Å². The topological polar surface area (TPSA) is 82.6 Å². The molecule has 0 aliphatic carbocycles. The van der Waals surface area contributed by atoms with Crippen LogP contribution in [0.15, 0.2) is 5.10 Å². The molecule has 0 radical (unpaired) electrons. The van der Waals surface area contributed by atoms with Crippen molar-refractivity contribution in [2.45, 2.75) is 19.3 Å². The third-order valence-electron chi connectivity index (χ3n) is 2.88. The molecule has 1 atom stereocenters. The maximum Gasteiger partial charge on any atom is 0.267 e. The summed E-state index contributed by atoms with van der Waals surface area (Å²) >= 11 is 0. The zero-order chi connectivity index (χ0) is 11.4. The molecule has 0 aromatic carbocycles. The first-order valence-electron chi connectivity index (χ1n) is 5.60. The Morgan fingerprint density at radius 3 is 3.00 bits per heavy atom. The number of amides is 2. The van der Waals surface area contributed by atoms with E-state index in [9.17, 15) is 9.59 Å². The molecule has 2 amide bonds. The Morgan fingerprint density at radius 2 is 2.38 bits per heavy atom. The maximum absolute atomic E-state index is 11.6. The molecule has 0 saturated carbocycles. The molecule has 1 unspecified atom stereocenters. The molecule has 6 heteroatoms. The fourth-order valence-electron chi connectivity index (χ4n) is 1.87. The number of hydrogen-bond donors (Lipinski definition) is 3. The lowest BCUT2D eigenvalue weighted by atomic mass is 10.1. The van der Waals surface area contributed by atoms with Gasteiger partial charge in [-0.2, -0.15) is 5.10 Å². The third kappa shape index (κ3) is 2.79. The first-order valence-corrected chi connectivity index (χ1v) is 5.60. The molecule has 2 heterocycles. The summed E-state index contributed by atoms with van der Waals surface area (Å²) in [4.78, 5) is 22.5. The summed E-state index contributed by atoms with van der Waals surface area (Å²) in [5.41, 5.74) is 2.74. The Bertz CT molecular complexity index is 321. The number of carbonyl (C=O) groups excluding carboxylic acids is 2. The quantitative estimate of drug-likeness (QED) is 0.573. The van der Waals surface area contributed by atoms with Crippen LogP contribution in [0.1, 0.15) is 19.3 Å². The van der Waals surface area contributed by atoms with Crippen LogP contribution in [0.25, 0.3) is 0 Å². The van der Waals surface area contributed by atoms with Gasteiger partial charge in [-0.05, 0) is 25.4 Å². The zero-order valence-electron chi connectivity index (χ0n) is 9.08. The molecule has 0 spiro atoms. The van der Waals surface area contributed by atoms with Gasteiger partial charge in [0.15, 0.2) is 0 Å². The lowest BCUT2D eigenvalue weighted by Gasteiger charge is -2.13. The lowest BCUT2D eigenvalue weighted by molar-refractivity contribution is -0.121. The predicted octanol–water partition coefficient (Wildman–Crippen LogP) is -1.02. The van der Waals surface area contributed by atoms with E-state index in [1.54, 1.807) is 0 Å². The van der Waals surface area contributed by atoms with Gasteiger partial charge in [0.05, 0.1) is 0 Å². The average Bonchev–Trinajstić information content (AvgIpc) is 2.80. The van der Waals surface area contributed by atoms with Crippen molar-refractivity contribution in [3.8, 4) is 0 Å². The Morgan fingerprint density at radius 1 is 1.50 bits per heavy atom. The van der Waals surface area contributed by atoms with Gasteiger partial charge in [0.2, 0.25) is 5.91 Å². The van der Waals surface area contributed by atoms with Crippen LogP contribution in [0.2, 0.25) is 0 Å². The maximum atomic E-state index is 11.6. The van der Waals surface area contributed by atoms with Gasteiger partial charge < -0.3 is 10.6 Å². The number of rotatable bonds is 3. The monoisotopic (exact) mass is 224 g/mol. The average molecular weight is 224 g/mol. The first kappa shape index (κ1) is 11.1. The highest BCUT2D eigenvalue weighted by Gasteiger charge is 2.20. The number of hydrogen-bond acceptors (Lipinski definition) is 4. The second kappa shape index (κ2) is 5.07. The Balaban J connectivity index is 1.76. The Hall–Kier alpha value is -1.43. The van der Waals surface area contributed by atoms with Crippen LogP contribution in [-0.4, -0.2) is 37.2 Å². The molecule has 2 aliphatic rings.